The van der Waals surface area contributed by atoms with Crippen LogP contribution in [0.2, 0.25) is 0 Å². The first kappa shape index (κ1) is 15.4. The van der Waals surface area contributed by atoms with Gasteiger partial charge in [0.25, 0.3) is 0 Å². The average Bonchev–Trinajstić information content (AvgIpc) is 2.48. The van der Waals surface area contributed by atoms with Gasteiger partial charge in [0.15, 0.2) is 0 Å². The van der Waals surface area contributed by atoms with Crippen molar-refractivity contribution in [2.75, 3.05) is 19.7 Å². The van der Waals surface area contributed by atoms with Crippen molar-refractivity contribution < 1.29 is 13.9 Å². The fourth-order valence-electron chi connectivity index (χ4n) is 3.37. The molecule has 2 aliphatic rings. The molecule has 1 aliphatic heterocycles. The van der Waals surface area contributed by atoms with Gasteiger partial charge in [-0.3, -0.25) is 4.79 Å². The molecule has 1 heterocycles. The summed E-state index contributed by atoms with van der Waals surface area (Å²) >= 11 is 0. The summed E-state index contributed by atoms with van der Waals surface area (Å²) in [5, 5.41) is 6.26. The van der Waals surface area contributed by atoms with Crippen LogP contribution in [0.25, 0.3) is 0 Å². The van der Waals surface area contributed by atoms with Crippen molar-refractivity contribution in [3.63, 3.8) is 0 Å². The number of morpholine rings is 1. The summed E-state index contributed by atoms with van der Waals surface area (Å²) in [4.78, 5) is 12.4. The number of nitrogens with one attached hydrogen (secondary N) is 2. The van der Waals surface area contributed by atoms with E-state index in [-0.39, 0.29) is 29.3 Å². The van der Waals surface area contributed by atoms with Crippen LogP contribution in [0.1, 0.15) is 31.7 Å². The van der Waals surface area contributed by atoms with Crippen molar-refractivity contribution in [1.29, 1.82) is 0 Å². The van der Waals surface area contributed by atoms with Crippen LogP contribution in [0.15, 0.2) is 24.3 Å². The number of ether oxygens (including phenoxy) is 1. The Kier molecular flexibility index (Phi) is 4.45. The van der Waals surface area contributed by atoms with Crippen LogP contribution in [-0.4, -0.2) is 37.7 Å². The molecule has 22 heavy (non-hydrogen) atoms. The summed E-state index contributed by atoms with van der Waals surface area (Å²) in [7, 11) is 0. The van der Waals surface area contributed by atoms with Gasteiger partial charge in [-0.05, 0) is 37.5 Å². The summed E-state index contributed by atoms with van der Waals surface area (Å²) in [5.74, 6) is -0.236. The summed E-state index contributed by atoms with van der Waals surface area (Å²) in [6, 6.07) is 6.38. The molecule has 1 saturated carbocycles. The smallest absolute Gasteiger partial charge is 0.239 e. The molecule has 2 N–H and O–H groups in total. The van der Waals surface area contributed by atoms with E-state index in [9.17, 15) is 9.18 Å². The largest absolute Gasteiger partial charge is 0.375 e. The van der Waals surface area contributed by atoms with Crippen LogP contribution in [0, 0.1) is 5.82 Å². The van der Waals surface area contributed by atoms with E-state index < -0.39 is 0 Å². The van der Waals surface area contributed by atoms with Gasteiger partial charge in [-0.2, -0.15) is 0 Å². The molecule has 1 aliphatic carbocycles. The molecule has 1 aromatic carbocycles. The molecule has 1 amide bonds. The van der Waals surface area contributed by atoms with E-state index in [0.29, 0.717) is 19.7 Å². The van der Waals surface area contributed by atoms with Gasteiger partial charge in [0, 0.05) is 18.5 Å². The number of halogens is 1. The van der Waals surface area contributed by atoms with Crippen LogP contribution < -0.4 is 10.6 Å². The predicted octanol–water partition coefficient (Wildman–Crippen LogP) is 1.74. The lowest BCUT2D eigenvalue weighted by Crippen LogP contribution is -2.57. The normalized spacial score (nSPS) is 27.0. The van der Waals surface area contributed by atoms with Gasteiger partial charge in [-0.1, -0.05) is 18.6 Å². The Morgan fingerprint density at radius 1 is 1.41 bits per heavy atom. The number of rotatable bonds is 4. The van der Waals surface area contributed by atoms with Crippen LogP contribution in [0.3, 0.4) is 0 Å². The van der Waals surface area contributed by atoms with E-state index >= 15 is 0 Å². The van der Waals surface area contributed by atoms with Crippen molar-refractivity contribution >= 4 is 5.91 Å². The Morgan fingerprint density at radius 3 is 2.73 bits per heavy atom. The number of carbonyl (C=O) groups excluding carboxylic acids is 1. The molecule has 0 aromatic heterocycles. The highest BCUT2D eigenvalue weighted by molar-refractivity contribution is 5.82. The SMILES string of the molecule is C[C@H]1OCCN[C@@H]1C(=O)NCC1(c2ccc(F)cc2)CCC1. The Morgan fingerprint density at radius 2 is 2.14 bits per heavy atom. The number of hydrogen-bond acceptors (Lipinski definition) is 3. The Balaban J connectivity index is 1.63. The predicted molar refractivity (Wildman–Crippen MR) is 82.1 cm³/mol. The van der Waals surface area contributed by atoms with E-state index in [1.807, 2.05) is 19.1 Å². The molecule has 1 saturated heterocycles. The monoisotopic (exact) mass is 306 g/mol. The van der Waals surface area contributed by atoms with Gasteiger partial charge in [0.1, 0.15) is 11.9 Å². The highest BCUT2D eigenvalue weighted by Gasteiger charge is 2.39. The first-order valence-corrected chi connectivity index (χ1v) is 7.99. The number of benzene rings is 1. The highest BCUT2D eigenvalue weighted by Crippen LogP contribution is 2.43. The van der Waals surface area contributed by atoms with Gasteiger partial charge in [-0.15, -0.1) is 0 Å². The fraction of sp³-hybridized carbons (Fsp3) is 0.588. The third-order valence-corrected chi connectivity index (χ3v) is 4.97. The van der Waals surface area contributed by atoms with Crippen molar-refractivity contribution in [2.24, 2.45) is 0 Å². The van der Waals surface area contributed by atoms with Crippen molar-refractivity contribution in [1.82, 2.24) is 10.6 Å². The lowest BCUT2D eigenvalue weighted by atomic mass is 9.64. The molecule has 2 fully saturated rings. The third-order valence-electron chi connectivity index (χ3n) is 4.97. The molecule has 0 unspecified atom stereocenters. The summed E-state index contributed by atoms with van der Waals surface area (Å²) in [6.07, 6.45) is 3.09. The molecule has 0 bridgehead atoms. The minimum Gasteiger partial charge on any atom is -0.375 e. The standard InChI is InChI=1S/C17H23FN2O2/c1-12-15(19-9-10-22-12)16(21)20-11-17(7-2-8-17)13-3-5-14(18)6-4-13/h3-6,12,15,19H,2,7-11H2,1H3,(H,20,21)/t12-,15+/m1/s1. The molecular formula is C17H23FN2O2. The zero-order chi connectivity index (χ0) is 15.6. The maximum absolute atomic E-state index is 13.1. The number of hydrogen-bond donors (Lipinski definition) is 2. The Bertz CT molecular complexity index is 528. The fourth-order valence-corrected chi connectivity index (χ4v) is 3.37. The summed E-state index contributed by atoms with van der Waals surface area (Å²) < 4.78 is 18.6. The molecule has 120 valence electrons. The van der Waals surface area contributed by atoms with Gasteiger partial charge in [0.05, 0.1) is 12.7 Å². The second-order valence-corrected chi connectivity index (χ2v) is 6.37. The van der Waals surface area contributed by atoms with Gasteiger partial charge >= 0.3 is 0 Å². The van der Waals surface area contributed by atoms with Crippen LogP contribution >= 0.6 is 0 Å². The molecule has 0 spiro atoms. The molecule has 4 nitrogen and oxygen atoms in total. The number of carbonyl (C=O) groups is 1. The van der Waals surface area contributed by atoms with Crippen LogP contribution in [0.5, 0.6) is 0 Å². The van der Waals surface area contributed by atoms with Crippen molar-refractivity contribution in [3.8, 4) is 0 Å². The minimum atomic E-state index is -0.293. The molecule has 2 atom stereocenters. The Labute approximate surface area is 130 Å². The summed E-state index contributed by atoms with van der Waals surface area (Å²) in [5.41, 5.74) is 1.07. The van der Waals surface area contributed by atoms with Crippen LogP contribution in [-0.2, 0) is 14.9 Å². The van der Waals surface area contributed by atoms with Crippen molar-refractivity contribution in [2.45, 2.75) is 43.7 Å². The zero-order valence-corrected chi connectivity index (χ0v) is 12.9. The quantitative estimate of drug-likeness (QED) is 0.891. The molecule has 0 radical (unpaired) electrons. The van der Waals surface area contributed by atoms with E-state index in [2.05, 4.69) is 10.6 Å². The molecular weight excluding hydrogens is 283 g/mol. The average molecular weight is 306 g/mol. The second kappa shape index (κ2) is 6.34. The maximum Gasteiger partial charge on any atom is 0.239 e. The zero-order valence-electron chi connectivity index (χ0n) is 12.9. The van der Waals surface area contributed by atoms with E-state index in [1.54, 1.807) is 0 Å². The topological polar surface area (TPSA) is 50.4 Å². The van der Waals surface area contributed by atoms with Gasteiger partial charge in [-0.25, -0.2) is 4.39 Å². The first-order valence-electron chi connectivity index (χ1n) is 7.99. The minimum absolute atomic E-state index is 0.0133. The third kappa shape index (κ3) is 3.01. The van der Waals surface area contributed by atoms with E-state index in [1.165, 1.54) is 12.1 Å². The lowest BCUT2D eigenvalue weighted by Gasteiger charge is -2.43. The van der Waals surface area contributed by atoms with Gasteiger partial charge < -0.3 is 15.4 Å². The molecule has 5 heteroatoms. The van der Waals surface area contributed by atoms with E-state index in [0.717, 1.165) is 24.8 Å². The first-order chi connectivity index (χ1) is 10.6. The maximum atomic E-state index is 13.1. The molecule has 3 rings (SSSR count). The summed E-state index contributed by atoms with van der Waals surface area (Å²) in [6.45, 7) is 3.86. The molecule has 1 aromatic rings. The van der Waals surface area contributed by atoms with Crippen molar-refractivity contribution in [3.05, 3.63) is 35.6 Å². The lowest BCUT2D eigenvalue weighted by molar-refractivity contribution is -0.129. The van der Waals surface area contributed by atoms with E-state index in [4.69, 9.17) is 4.74 Å². The van der Waals surface area contributed by atoms with Gasteiger partial charge in [0.2, 0.25) is 5.91 Å². The Hall–Kier alpha value is -1.46. The van der Waals surface area contributed by atoms with Crippen LogP contribution in [0.4, 0.5) is 4.39 Å². The number of amides is 1. The highest BCUT2D eigenvalue weighted by atomic mass is 19.1. The second-order valence-electron chi connectivity index (χ2n) is 6.37.